The summed E-state index contributed by atoms with van der Waals surface area (Å²) in [5.41, 5.74) is 1.52. The fourth-order valence-electron chi connectivity index (χ4n) is 4.41. The lowest BCUT2D eigenvalue weighted by molar-refractivity contribution is -0.173. The molecule has 0 saturated carbocycles. The first-order valence-electron chi connectivity index (χ1n) is 9.63. The minimum atomic E-state index is -1.11. The van der Waals surface area contributed by atoms with Crippen LogP contribution in [0.4, 0.5) is 0 Å². The highest BCUT2D eigenvalue weighted by Crippen LogP contribution is 2.55. The fourth-order valence-corrected chi connectivity index (χ4v) is 4.41. The summed E-state index contributed by atoms with van der Waals surface area (Å²) in [6, 6.07) is 10.8. The average molecular weight is 418 g/mol. The van der Waals surface area contributed by atoms with E-state index in [4.69, 9.17) is 28.4 Å². The Morgan fingerprint density at radius 3 is 1.30 bits per heavy atom. The maximum atomic E-state index is 10.7. The quantitative estimate of drug-likeness (QED) is 0.739. The van der Waals surface area contributed by atoms with Crippen LogP contribution in [0.25, 0.3) is 0 Å². The van der Waals surface area contributed by atoms with Crippen LogP contribution >= 0.6 is 0 Å². The highest BCUT2D eigenvalue weighted by Gasteiger charge is 2.57. The van der Waals surface area contributed by atoms with E-state index in [1.165, 1.54) is 0 Å². The first-order valence-corrected chi connectivity index (χ1v) is 9.63. The van der Waals surface area contributed by atoms with Gasteiger partial charge in [0, 0.05) is 0 Å². The third-order valence-electron chi connectivity index (χ3n) is 5.85. The van der Waals surface area contributed by atoms with Crippen LogP contribution in [0.3, 0.4) is 0 Å². The minimum Gasteiger partial charge on any atom is -0.493 e. The predicted octanol–water partition coefficient (Wildman–Crippen LogP) is 2.43. The van der Waals surface area contributed by atoms with Gasteiger partial charge in [-0.3, -0.25) is 0 Å². The van der Waals surface area contributed by atoms with Crippen molar-refractivity contribution in [2.24, 2.45) is 11.8 Å². The van der Waals surface area contributed by atoms with Crippen molar-refractivity contribution in [3.63, 3.8) is 0 Å². The van der Waals surface area contributed by atoms with Gasteiger partial charge in [-0.05, 0) is 35.4 Å². The van der Waals surface area contributed by atoms with Gasteiger partial charge in [-0.2, -0.15) is 0 Å². The van der Waals surface area contributed by atoms with Gasteiger partial charge in [-0.15, -0.1) is 0 Å². The Morgan fingerprint density at radius 2 is 0.967 bits per heavy atom. The van der Waals surface area contributed by atoms with Crippen molar-refractivity contribution in [2.75, 3.05) is 28.4 Å². The molecule has 2 aromatic rings. The molecule has 30 heavy (non-hydrogen) atoms. The highest BCUT2D eigenvalue weighted by molar-refractivity contribution is 5.45. The molecular weight excluding hydrogens is 392 g/mol. The van der Waals surface area contributed by atoms with E-state index in [2.05, 4.69) is 0 Å². The van der Waals surface area contributed by atoms with Crippen LogP contribution in [0, 0.1) is 11.8 Å². The molecule has 2 heterocycles. The molecule has 2 N–H and O–H groups in total. The van der Waals surface area contributed by atoms with Crippen LogP contribution < -0.4 is 18.9 Å². The van der Waals surface area contributed by atoms with Gasteiger partial charge >= 0.3 is 0 Å². The van der Waals surface area contributed by atoms with Crippen LogP contribution in [0.2, 0.25) is 0 Å². The Hall–Kier alpha value is -2.52. The number of benzene rings is 2. The molecule has 2 aromatic carbocycles. The topological polar surface area (TPSA) is 95.8 Å². The van der Waals surface area contributed by atoms with Gasteiger partial charge in [0.1, 0.15) is 0 Å². The summed E-state index contributed by atoms with van der Waals surface area (Å²) in [6.45, 7) is 0. The van der Waals surface area contributed by atoms with Crippen molar-refractivity contribution in [3.05, 3.63) is 47.5 Å². The first-order chi connectivity index (χ1) is 14.5. The number of rotatable bonds is 6. The second-order valence-electron chi connectivity index (χ2n) is 7.28. The summed E-state index contributed by atoms with van der Waals surface area (Å²) in [4.78, 5) is 0. The van der Waals surface area contributed by atoms with E-state index >= 15 is 0 Å². The van der Waals surface area contributed by atoms with E-state index < -0.39 is 36.6 Å². The maximum absolute atomic E-state index is 10.7. The zero-order valence-electron chi connectivity index (χ0n) is 17.3. The smallest absolute Gasteiger partial charge is 0.161 e. The van der Waals surface area contributed by atoms with Gasteiger partial charge in [0.25, 0.3) is 0 Å². The lowest BCUT2D eigenvalue weighted by Crippen LogP contribution is -2.23. The molecule has 2 aliphatic rings. The molecule has 0 unspecified atom stereocenters. The molecular formula is C22H26O8. The third-order valence-corrected chi connectivity index (χ3v) is 5.85. The Balaban J connectivity index is 1.66. The summed E-state index contributed by atoms with van der Waals surface area (Å²) < 4.78 is 33.1. The Labute approximate surface area is 174 Å². The lowest BCUT2D eigenvalue weighted by Gasteiger charge is -2.21. The number of aliphatic hydroxyl groups excluding tert-OH is 2. The van der Waals surface area contributed by atoms with Crippen molar-refractivity contribution in [2.45, 2.75) is 24.8 Å². The molecule has 0 spiro atoms. The number of hydrogen-bond donors (Lipinski definition) is 2. The summed E-state index contributed by atoms with van der Waals surface area (Å²) in [5.74, 6) is 1.33. The Kier molecular flexibility index (Phi) is 5.75. The maximum Gasteiger partial charge on any atom is 0.161 e. The Bertz CT molecular complexity index is 827. The van der Waals surface area contributed by atoms with E-state index in [9.17, 15) is 10.2 Å². The predicted molar refractivity (Wildman–Crippen MR) is 106 cm³/mol. The van der Waals surface area contributed by atoms with Crippen LogP contribution in [0.5, 0.6) is 23.0 Å². The van der Waals surface area contributed by atoms with E-state index in [1.807, 2.05) is 12.1 Å². The number of methoxy groups -OCH3 is 4. The second-order valence-corrected chi connectivity index (χ2v) is 7.28. The summed E-state index contributed by atoms with van der Waals surface area (Å²) >= 11 is 0. The largest absolute Gasteiger partial charge is 0.493 e. The standard InChI is InChI=1S/C22H26O8/c1-25-13-7-5-11(9-15(13)27-3)19-17-18(22(24)29-19)20(30-21(17)23)12-6-8-14(26-2)16(10-12)28-4/h5-10,17-24H,1-4H3/t17-,18+,19-,20+,21+,22-. The van der Waals surface area contributed by atoms with Gasteiger partial charge in [0.2, 0.25) is 0 Å². The number of aliphatic hydroxyl groups is 2. The Morgan fingerprint density at radius 1 is 0.600 bits per heavy atom. The zero-order chi connectivity index (χ0) is 21.4. The van der Waals surface area contributed by atoms with Crippen molar-refractivity contribution in [1.82, 2.24) is 0 Å². The van der Waals surface area contributed by atoms with Gasteiger partial charge in [0.05, 0.1) is 52.5 Å². The van der Waals surface area contributed by atoms with Gasteiger partial charge < -0.3 is 38.6 Å². The van der Waals surface area contributed by atoms with E-state index in [0.717, 1.165) is 11.1 Å². The normalized spacial score (nSPS) is 30.1. The van der Waals surface area contributed by atoms with Crippen molar-refractivity contribution in [1.29, 1.82) is 0 Å². The zero-order valence-corrected chi connectivity index (χ0v) is 17.3. The molecule has 162 valence electrons. The third kappa shape index (κ3) is 3.35. The van der Waals surface area contributed by atoms with Crippen molar-refractivity contribution >= 4 is 0 Å². The van der Waals surface area contributed by atoms with E-state index in [1.54, 1.807) is 52.7 Å². The summed E-state index contributed by atoms with van der Waals surface area (Å²) in [5, 5.41) is 21.4. The van der Waals surface area contributed by atoms with Crippen molar-refractivity contribution < 1.29 is 38.6 Å². The second kappa shape index (κ2) is 8.31. The van der Waals surface area contributed by atoms with Crippen LogP contribution in [-0.4, -0.2) is 51.2 Å². The SMILES string of the molecule is COc1ccc([C@H]2O[C@@H](O)[C@H]3[C@H]2[C@@H](O)O[C@H]3c2ccc(OC)c(OC)c2)cc1OC. The van der Waals surface area contributed by atoms with Gasteiger partial charge in [-0.1, -0.05) is 12.1 Å². The number of fused-ring (bicyclic) bond motifs is 1. The van der Waals surface area contributed by atoms with Crippen LogP contribution in [0.1, 0.15) is 23.3 Å². The number of ether oxygens (including phenoxy) is 6. The molecule has 8 nitrogen and oxygen atoms in total. The number of hydrogen-bond acceptors (Lipinski definition) is 8. The molecule has 0 radical (unpaired) electrons. The van der Waals surface area contributed by atoms with Gasteiger partial charge in [0.15, 0.2) is 35.6 Å². The molecule has 8 heteroatoms. The lowest BCUT2D eigenvalue weighted by atomic mass is 9.83. The molecule has 0 bridgehead atoms. The first kappa shape index (κ1) is 20.7. The molecule has 4 rings (SSSR count). The molecule has 0 amide bonds. The van der Waals surface area contributed by atoms with Crippen LogP contribution in [0.15, 0.2) is 36.4 Å². The summed E-state index contributed by atoms with van der Waals surface area (Å²) in [7, 11) is 6.22. The van der Waals surface area contributed by atoms with Crippen LogP contribution in [-0.2, 0) is 9.47 Å². The molecule has 2 aliphatic heterocycles. The minimum absolute atomic E-state index is 0.462. The highest BCUT2D eigenvalue weighted by atomic mass is 16.7. The van der Waals surface area contributed by atoms with E-state index in [0.29, 0.717) is 23.0 Å². The summed E-state index contributed by atoms with van der Waals surface area (Å²) in [6.07, 6.45) is -3.35. The van der Waals surface area contributed by atoms with Gasteiger partial charge in [-0.25, -0.2) is 0 Å². The molecule has 2 saturated heterocycles. The molecule has 2 fully saturated rings. The van der Waals surface area contributed by atoms with E-state index in [-0.39, 0.29) is 0 Å². The molecule has 0 aromatic heterocycles. The fraction of sp³-hybridized carbons (Fsp3) is 0.455. The molecule has 6 atom stereocenters. The van der Waals surface area contributed by atoms with Crippen molar-refractivity contribution in [3.8, 4) is 23.0 Å². The monoisotopic (exact) mass is 418 g/mol. The average Bonchev–Trinajstić information content (AvgIpc) is 3.30. The molecule has 0 aliphatic carbocycles.